The summed E-state index contributed by atoms with van der Waals surface area (Å²) in [4.78, 5) is 12.0. The molecule has 3 nitrogen and oxygen atoms in total. The summed E-state index contributed by atoms with van der Waals surface area (Å²) in [6.45, 7) is 4.18. The van der Waals surface area contributed by atoms with Gasteiger partial charge in [0.1, 0.15) is 11.3 Å². The third-order valence-electron chi connectivity index (χ3n) is 2.81. The van der Waals surface area contributed by atoms with Crippen LogP contribution in [0.1, 0.15) is 16.9 Å². The molecule has 0 saturated carbocycles. The first-order valence-electron chi connectivity index (χ1n) is 5.47. The molecule has 0 atom stereocenters. The molecule has 0 aliphatic rings. The van der Waals surface area contributed by atoms with Crippen LogP contribution in [0.15, 0.2) is 21.3 Å². The molecule has 2 aromatic rings. The number of hydrogen-bond donors (Lipinski definition) is 1. The van der Waals surface area contributed by atoms with E-state index in [1.54, 1.807) is 6.07 Å². The van der Waals surface area contributed by atoms with Crippen molar-refractivity contribution in [2.75, 3.05) is 6.54 Å². The Morgan fingerprint density at radius 3 is 2.61 bits per heavy atom. The first kappa shape index (κ1) is 15.0. The van der Waals surface area contributed by atoms with Gasteiger partial charge in [-0.3, -0.25) is 4.79 Å². The molecule has 0 radical (unpaired) electrons. The van der Waals surface area contributed by atoms with E-state index in [-0.39, 0.29) is 17.8 Å². The van der Waals surface area contributed by atoms with Crippen LogP contribution in [0.4, 0.5) is 0 Å². The first-order chi connectivity index (χ1) is 8.04. The van der Waals surface area contributed by atoms with Gasteiger partial charge < -0.3 is 10.2 Å². The summed E-state index contributed by atoms with van der Waals surface area (Å²) in [6.07, 6.45) is 0.561. The molecule has 5 heteroatoms. The Morgan fingerprint density at radius 2 is 2.00 bits per heavy atom. The predicted molar refractivity (Wildman–Crippen MR) is 77.0 cm³/mol. The van der Waals surface area contributed by atoms with Crippen molar-refractivity contribution < 1.29 is 4.42 Å². The Labute approximate surface area is 116 Å². The fourth-order valence-corrected chi connectivity index (χ4v) is 2.11. The lowest BCUT2D eigenvalue weighted by atomic mass is 10.1. The van der Waals surface area contributed by atoms with Gasteiger partial charge in [-0.15, -0.1) is 12.4 Å². The SMILES string of the molecule is Cc1cc2oc(CCN)cc(=O)c2c(C)c1Cl.Cl. The molecule has 0 aliphatic heterocycles. The Balaban J connectivity index is 0.00000162. The lowest BCUT2D eigenvalue weighted by Crippen LogP contribution is -2.08. The summed E-state index contributed by atoms with van der Waals surface area (Å²) in [5.74, 6) is 0.617. The maximum absolute atomic E-state index is 12.0. The smallest absolute Gasteiger partial charge is 0.193 e. The van der Waals surface area contributed by atoms with E-state index in [2.05, 4.69) is 0 Å². The molecule has 0 saturated heterocycles. The molecule has 0 amide bonds. The zero-order valence-electron chi connectivity index (χ0n) is 10.2. The predicted octanol–water partition coefficient (Wildman–Crippen LogP) is 2.99. The number of halogens is 2. The average molecular weight is 288 g/mol. The minimum absolute atomic E-state index is 0. The van der Waals surface area contributed by atoms with Crippen molar-refractivity contribution in [2.24, 2.45) is 5.73 Å². The van der Waals surface area contributed by atoms with Crippen molar-refractivity contribution in [3.63, 3.8) is 0 Å². The Hall–Kier alpha value is -1.03. The molecule has 1 aromatic carbocycles. The van der Waals surface area contributed by atoms with Crippen LogP contribution in [0, 0.1) is 13.8 Å². The number of hydrogen-bond acceptors (Lipinski definition) is 3. The van der Waals surface area contributed by atoms with E-state index < -0.39 is 0 Å². The lowest BCUT2D eigenvalue weighted by molar-refractivity contribution is 0.536. The second-order valence-corrected chi connectivity index (χ2v) is 4.50. The highest BCUT2D eigenvalue weighted by Gasteiger charge is 2.11. The van der Waals surface area contributed by atoms with Crippen LogP contribution in [0.25, 0.3) is 11.0 Å². The van der Waals surface area contributed by atoms with Gasteiger partial charge in [0.05, 0.1) is 5.39 Å². The number of rotatable bonds is 2. The van der Waals surface area contributed by atoms with Crippen LogP contribution in [0.3, 0.4) is 0 Å². The van der Waals surface area contributed by atoms with Crippen molar-refractivity contribution in [1.82, 2.24) is 0 Å². The summed E-state index contributed by atoms with van der Waals surface area (Å²) in [5, 5.41) is 1.18. The van der Waals surface area contributed by atoms with Crippen molar-refractivity contribution in [3.05, 3.63) is 44.3 Å². The maximum Gasteiger partial charge on any atom is 0.193 e. The Morgan fingerprint density at radius 1 is 1.33 bits per heavy atom. The van der Waals surface area contributed by atoms with Crippen molar-refractivity contribution in [1.29, 1.82) is 0 Å². The van der Waals surface area contributed by atoms with E-state index in [4.69, 9.17) is 21.8 Å². The molecule has 0 unspecified atom stereocenters. The van der Waals surface area contributed by atoms with Crippen LogP contribution in [-0.4, -0.2) is 6.54 Å². The van der Waals surface area contributed by atoms with Crippen LogP contribution in [0.5, 0.6) is 0 Å². The van der Waals surface area contributed by atoms with Gasteiger partial charge in [-0.25, -0.2) is 0 Å². The van der Waals surface area contributed by atoms with Gasteiger partial charge in [0.15, 0.2) is 5.43 Å². The molecule has 0 aliphatic carbocycles. The maximum atomic E-state index is 12.0. The highest BCUT2D eigenvalue weighted by atomic mass is 35.5. The monoisotopic (exact) mass is 287 g/mol. The Kier molecular flexibility index (Phi) is 4.79. The summed E-state index contributed by atoms with van der Waals surface area (Å²) in [7, 11) is 0. The fourth-order valence-electron chi connectivity index (χ4n) is 1.96. The van der Waals surface area contributed by atoms with E-state index in [1.807, 2.05) is 13.8 Å². The standard InChI is InChI=1S/C13H14ClNO2.ClH/c1-7-5-11-12(8(2)13(7)14)10(16)6-9(17-11)3-4-15;/h5-6H,3-4,15H2,1-2H3;1H. The number of aryl methyl sites for hydroxylation is 2. The molecular weight excluding hydrogens is 273 g/mol. The van der Waals surface area contributed by atoms with Gasteiger partial charge in [-0.05, 0) is 37.6 Å². The molecule has 0 spiro atoms. The molecule has 2 N–H and O–H groups in total. The van der Waals surface area contributed by atoms with E-state index >= 15 is 0 Å². The summed E-state index contributed by atoms with van der Waals surface area (Å²) in [5.41, 5.74) is 7.66. The number of nitrogens with two attached hydrogens (primary N) is 1. The zero-order chi connectivity index (χ0) is 12.6. The lowest BCUT2D eigenvalue weighted by Gasteiger charge is -2.08. The normalized spacial score (nSPS) is 10.4. The minimum Gasteiger partial charge on any atom is -0.461 e. The van der Waals surface area contributed by atoms with Gasteiger partial charge in [0.2, 0.25) is 0 Å². The molecule has 1 heterocycles. The van der Waals surface area contributed by atoms with E-state index in [1.165, 1.54) is 6.07 Å². The van der Waals surface area contributed by atoms with Crippen LogP contribution < -0.4 is 11.2 Å². The molecule has 2 rings (SSSR count). The summed E-state index contributed by atoms with van der Waals surface area (Å²) >= 11 is 6.13. The molecule has 0 bridgehead atoms. The minimum atomic E-state index is -0.0610. The molecular formula is C13H15Cl2NO2. The van der Waals surface area contributed by atoms with Crippen molar-refractivity contribution >= 4 is 35.0 Å². The summed E-state index contributed by atoms with van der Waals surface area (Å²) < 4.78 is 5.66. The molecule has 1 aromatic heterocycles. The first-order valence-corrected chi connectivity index (χ1v) is 5.85. The Bertz CT molecular complexity index is 635. The second-order valence-electron chi connectivity index (χ2n) is 4.12. The van der Waals surface area contributed by atoms with Gasteiger partial charge >= 0.3 is 0 Å². The third kappa shape index (κ3) is 2.53. The van der Waals surface area contributed by atoms with E-state index in [0.717, 1.165) is 11.1 Å². The van der Waals surface area contributed by atoms with Gasteiger partial charge in [-0.2, -0.15) is 0 Å². The zero-order valence-corrected chi connectivity index (χ0v) is 11.8. The van der Waals surface area contributed by atoms with E-state index in [9.17, 15) is 4.79 Å². The summed E-state index contributed by atoms with van der Waals surface area (Å²) in [6, 6.07) is 3.29. The molecule has 18 heavy (non-hydrogen) atoms. The second kappa shape index (κ2) is 5.74. The van der Waals surface area contributed by atoms with Gasteiger partial charge in [-0.1, -0.05) is 11.6 Å². The topological polar surface area (TPSA) is 56.2 Å². The van der Waals surface area contributed by atoms with Crippen molar-refractivity contribution in [3.8, 4) is 0 Å². The van der Waals surface area contributed by atoms with Gasteiger partial charge in [0, 0.05) is 17.5 Å². The highest BCUT2D eigenvalue weighted by Crippen LogP contribution is 2.27. The largest absolute Gasteiger partial charge is 0.461 e. The third-order valence-corrected chi connectivity index (χ3v) is 3.40. The van der Waals surface area contributed by atoms with Crippen LogP contribution in [0.2, 0.25) is 5.02 Å². The molecule has 0 fully saturated rings. The van der Waals surface area contributed by atoms with Crippen LogP contribution in [-0.2, 0) is 6.42 Å². The highest BCUT2D eigenvalue weighted by molar-refractivity contribution is 6.33. The number of benzene rings is 1. The van der Waals surface area contributed by atoms with Crippen LogP contribution >= 0.6 is 24.0 Å². The quantitative estimate of drug-likeness (QED) is 0.924. The molecule has 98 valence electrons. The fraction of sp³-hybridized carbons (Fsp3) is 0.308. The number of fused-ring (bicyclic) bond motifs is 1. The average Bonchev–Trinajstić information content (AvgIpc) is 2.25. The van der Waals surface area contributed by atoms with Crippen molar-refractivity contribution in [2.45, 2.75) is 20.3 Å². The van der Waals surface area contributed by atoms with Gasteiger partial charge in [0.25, 0.3) is 0 Å². The van der Waals surface area contributed by atoms with E-state index in [0.29, 0.717) is 34.7 Å².